The average molecular weight is 254 g/mol. The molecule has 0 aliphatic carbocycles. The van der Waals surface area contributed by atoms with E-state index >= 15 is 0 Å². The van der Waals surface area contributed by atoms with Crippen LogP contribution in [0.1, 0.15) is 6.42 Å². The fourth-order valence-electron chi connectivity index (χ4n) is 1.32. The molecule has 1 unspecified atom stereocenters. The summed E-state index contributed by atoms with van der Waals surface area (Å²) in [6.07, 6.45) is 0.148. The minimum Gasteiger partial charge on any atom is -0.484 e. The van der Waals surface area contributed by atoms with Crippen LogP contribution >= 0.6 is 0 Å². The molecule has 1 rings (SSSR count). The van der Waals surface area contributed by atoms with Crippen LogP contribution in [0.3, 0.4) is 0 Å². The summed E-state index contributed by atoms with van der Waals surface area (Å²) in [5, 5.41) is 19.3. The van der Waals surface area contributed by atoms with Crippen molar-refractivity contribution >= 4 is 5.69 Å². The highest BCUT2D eigenvalue weighted by molar-refractivity contribution is 5.45. The zero-order chi connectivity index (χ0) is 13.4. The second-order valence-electron chi connectivity index (χ2n) is 3.58. The molecule has 1 aromatic carbocycles. The highest BCUT2D eigenvalue weighted by atomic mass is 16.6. The molecule has 0 aliphatic heterocycles. The van der Waals surface area contributed by atoms with Crippen molar-refractivity contribution in [2.75, 3.05) is 19.8 Å². The summed E-state index contributed by atoms with van der Waals surface area (Å²) in [5.74, 6) is 0.217. The van der Waals surface area contributed by atoms with E-state index in [0.717, 1.165) is 0 Å². The Labute approximate surface area is 105 Å². The molecule has 0 aliphatic rings. The van der Waals surface area contributed by atoms with Crippen molar-refractivity contribution in [3.8, 4) is 5.75 Å². The number of hydrogen-bond donors (Lipinski definition) is 1. The summed E-state index contributed by atoms with van der Waals surface area (Å²) in [6, 6.07) is 6.16. The van der Waals surface area contributed by atoms with Crippen LogP contribution in [0, 0.1) is 17.0 Å². The molecule has 99 valence electrons. The lowest BCUT2D eigenvalue weighted by atomic mass is 10.3. The molecule has 0 spiro atoms. The highest BCUT2D eigenvalue weighted by Gasteiger charge is 2.13. The number of hydrogen-bond acceptors (Lipinski definition) is 5. The second kappa shape index (κ2) is 7.62. The van der Waals surface area contributed by atoms with E-state index in [-0.39, 0.29) is 37.4 Å². The number of aliphatic hydroxyl groups is 1. The Kier molecular flexibility index (Phi) is 6.10. The van der Waals surface area contributed by atoms with Crippen LogP contribution in [0.25, 0.3) is 0 Å². The Balaban J connectivity index is 2.37. The molecule has 1 aromatic rings. The maximum atomic E-state index is 10.7. The fourth-order valence-corrected chi connectivity index (χ4v) is 1.32. The van der Waals surface area contributed by atoms with Crippen molar-refractivity contribution in [2.45, 2.75) is 12.5 Å². The second-order valence-corrected chi connectivity index (χ2v) is 3.58. The summed E-state index contributed by atoms with van der Waals surface area (Å²) in [5.41, 5.74) is -0.0703. The third-order valence-corrected chi connectivity index (χ3v) is 2.21. The van der Waals surface area contributed by atoms with Crippen LogP contribution in [-0.4, -0.2) is 36.0 Å². The normalized spacial score (nSPS) is 12.1. The van der Waals surface area contributed by atoms with Crippen LogP contribution < -0.4 is 4.74 Å². The molecule has 0 heterocycles. The molecule has 1 N–H and O–H groups in total. The third-order valence-electron chi connectivity index (χ3n) is 2.21. The van der Waals surface area contributed by atoms with Gasteiger partial charge in [-0.3, -0.25) is 10.1 Å². The number of aliphatic hydroxyl groups excluding tert-OH is 1. The van der Waals surface area contributed by atoms with Gasteiger partial charge in [0.2, 0.25) is 0 Å². The van der Waals surface area contributed by atoms with E-state index in [9.17, 15) is 10.1 Å². The van der Waals surface area contributed by atoms with Crippen molar-refractivity contribution in [1.29, 1.82) is 0 Å². The first kappa shape index (κ1) is 14.4. The molecule has 0 aromatic heterocycles. The molecule has 1 radical (unpaired) electrons. The van der Waals surface area contributed by atoms with Crippen molar-refractivity contribution < 1.29 is 19.5 Å². The standard InChI is InChI=1S/C12H16NO5/c1-10(6-7-14)17-8-9-18-12-5-3-2-4-11(12)13(15)16/h2-5,10,14H,1,6-9H2. The van der Waals surface area contributed by atoms with Gasteiger partial charge in [0.1, 0.15) is 6.61 Å². The topological polar surface area (TPSA) is 81.8 Å². The van der Waals surface area contributed by atoms with Gasteiger partial charge < -0.3 is 14.6 Å². The smallest absolute Gasteiger partial charge is 0.310 e. The number of ether oxygens (including phenoxy) is 2. The van der Waals surface area contributed by atoms with Crippen molar-refractivity contribution in [3.63, 3.8) is 0 Å². The molecule has 0 amide bonds. The van der Waals surface area contributed by atoms with E-state index < -0.39 is 4.92 Å². The summed E-state index contributed by atoms with van der Waals surface area (Å²) in [7, 11) is 0. The zero-order valence-electron chi connectivity index (χ0n) is 9.95. The summed E-state index contributed by atoms with van der Waals surface area (Å²) >= 11 is 0. The van der Waals surface area contributed by atoms with Gasteiger partial charge in [-0.2, -0.15) is 0 Å². The monoisotopic (exact) mass is 254 g/mol. The van der Waals surface area contributed by atoms with Gasteiger partial charge in [0, 0.05) is 12.7 Å². The molecule has 0 bridgehead atoms. The van der Waals surface area contributed by atoms with Gasteiger partial charge in [0.25, 0.3) is 0 Å². The molecular weight excluding hydrogens is 238 g/mol. The molecule has 18 heavy (non-hydrogen) atoms. The van der Waals surface area contributed by atoms with E-state index in [4.69, 9.17) is 14.6 Å². The van der Waals surface area contributed by atoms with Crippen LogP contribution in [0.5, 0.6) is 5.75 Å². The molecule has 0 saturated heterocycles. The Hall–Kier alpha value is -1.66. The van der Waals surface area contributed by atoms with Gasteiger partial charge >= 0.3 is 5.69 Å². The lowest BCUT2D eigenvalue weighted by Crippen LogP contribution is -2.15. The van der Waals surface area contributed by atoms with E-state index in [1.165, 1.54) is 12.1 Å². The molecule has 6 nitrogen and oxygen atoms in total. The first-order chi connectivity index (χ1) is 8.65. The molecule has 0 fully saturated rings. The van der Waals surface area contributed by atoms with Crippen molar-refractivity contribution in [2.24, 2.45) is 0 Å². The first-order valence-corrected chi connectivity index (χ1v) is 5.57. The lowest BCUT2D eigenvalue weighted by molar-refractivity contribution is -0.385. The van der Waals surface area contributed by atoms with Crippen LogP contribution in [0.15, 0.2) is 24.3 Å². The van der Waals surface area contributed by atoms with Crippen LogP contribution in [0.4, 0.5) is 5.69 Å². The molecule has 6 heteroatoms. The minimum atomic E-state index is -0.494. The first-order valence-electron chi connectivity index (χ1n) is 5.57. The van der Waals surface area contributed by atoms with Crippen molar-refractivity contribution in [1.82, 2.24) is 0 Å². The Bertz CT molecular complexity index is 382. The lowest BCUT2D eigenvalue weighted by Gasteiger charge is -2.12. The predicted molar refractivity (Wildman–Crippen MR) is 65.4 cm³/mol. The largest absolute Gasteiger partial charge is 0.484 e. The third kappa shape index (κ3) is 4.68. The summed E-state index contributed by atoms with van der Waals surface area (Å²) in [6.45, 7) is 4.15. The van der Waals surface area contributed by atoms with Gasteiger partial charge in [-0.15, -0.1) is 0 Å². The quantitative estimate of drug-likeness (QED) is 0.432. The van der Waals surface area contributed by atoms with Crippen molar-refractivity contribution in [3.05, 3.63) is 41.3 Å². The number of nitro groups is 1. The predicted octanol–water partition coefficient (Wildman–Crippen LogP) is 1.58. The van der Waals surface area contributed by atoms with Gasteiger partial charge in [-0.1, -0.05) is 12.1 Å². The Morgan fingerprint density at radius 1 is 1.39 bits per heavy atom. The molecular formula is C12H16NO5. The number of nitrogens with zero attached hydrogens (tertiary/aromatic N) is 1. The minimum absolute atomic E-state index is 0.0131. The molecule has 0 saturated carbocycles. The zero-order valence-corrected chi connectivity index (χ0v) is 9.95. The van der Waals surface area contributed by atoms with Gasteiger partial charge in [0.05, 0.1) is 17.6 Å². The van der Waals surface area contributed by atoms with Gasteiger partial charge in [-0.05, 0) is 19.4 Å². The summed E-state index contributed by atoms with van der Waals surface area (Å²) < 4.78 is 10.5. The van der Waals surface area contributed by atoms with E-state index in [1.807, 2.05) is 0 Å². The van der Waals surface area contributed by atoms with E-state index in [2.05, 4.69) is 6.92 Å². The number of rotatable bonds is 8. The fraction of sp³-hybridized carbons (Fsp3) is 0.417. The van der Waals surface area contributed by atoms with Gasteiger partial charge in [0.15, 0.2) is 5.75 Å². The number of nitro benzene ring substituents is 1. The van der Waals surface area contributed by atoms with E-state index in [0.29, 0.717) is 6.42 Å². The van der Waals surface area contributed by atoms with E-state index in [1.54, 1.807) is 12.1 Å². The highest BCUT2D eigenvalue weighted by Crippen LogP contribution is 2.25. The molecule has 1 atom stereocenters. The van der Waals surface area contributed by atoms with Crippen LogP contribution in [-0.2, 0) is 4.74 Å². The Morgan fingerprint density at radius 3 is 2.78 bits per heavy atom. The Morgan fingerprint density at radius 2 is 2.11 bits per heavy atom. The average Bonchev–Trinajstić information content (AvgIpc) is 2.35. The van der Waals surface area contributed by atoms with Gasteiger partial charge in [-0.25, -0.2) is 0 Å². The summed E-state index contributed by atoms with van der Waals surface area (Å²) in [4.78, 5) is 10.2. The maximum Gasteiger partial charge on any atom is 0.310 e. The number of para-hydroxylation sites is 2. The maximum absolute atomic E-state index is 10.7. The number of benzene rings is 1. The van der Waals surface area contributed by atoms with Crippen LogP contribution in [0.2, 0.25) is 0 Å². The SMILES string of the molecule is [CH2]C(CCO)OCCOc1ccccc1[N+](=O)[O-].